The Labute approximate surface area is 85.8 Å². The summed E-state index contributed by atoms with van der Waals surface area (Å²) in [4.78, 5) is 14.2. The number of hydrogen-bond donors (Lipinski definition) is 1. The predicted octanol–water partition coefficient (Wildman–Crippen LogP) is 1.14. The van der Waals surface area contributed by atoms with Gasteiger partial charge in [0.2, 0.25) is 5.91 Å². The maximum Gasteiger partial charge on any atom is 0.239 e. The van der Waals surface area contributed by atoms with Crippen LogP contribution >= 0.6 is 0 Å². The quantitative estimate of drug-likeness (QED) is 0.731. The minimum Gasteiger partial charge on any atom is -0.338 e. The van der Waals surface area contributed by atoms with Crippen LogP contribution in [0.15, 0.2) is 0 Å². The molecule has 1 amide bonds. The molecular weight excluding hydrogens is 176 g/mol. The topological polar surface area (TPSA) is 32.3 Å². The van der Waals surface area contributed by atoms with E-state index in [0.29, 0.717) is 11.9 Å². The lowest BCUT2D eigenvalue weighted by Crippen LogP contribution is -2.45. The molecule has 80 valence electrons. The Morgan fingerprint density at radius 3 is 2.71 bits per heavy atom. The number of carbonyl (C=O) groups is 1. The minimum absolute atomic E-state index is 0.127. The lowest BCUT2D eigenvalue weighted by molar-refractivity contribution is -0.133. The van der Waals surface area contributed by atoms with Gasteiger partial charge in [0.1, 0.15) is 0 Å². The highest BCUT2D eigenvalue weighted by Gasteiger charge is 2.35. The summed E-state index contributed by atoms with van der Waals surface area (Å²) in [6.07, 6.45) is 5.71. The Bertz CT molecular complexity index is 207. The first-order valence-electron chi connectivity index (χ1n) is 5.86. The molecular formula is C11H20N2O. The molecule has 0 aromatic carbocycles. The van der Waals surface area contributed by atoms with Crippen LogP contribution in [0.5, 0.6) is 0 Å². The molecule has 3 nitrogen and oxygen atoms in total. The maximum absolute atomic E-state index is 12.1. The number of nitrogens with zero attached hydrogens (tertiary/aromatic N) is 1. The highest BCUT2D eigenvalue weighted by atomic mass is 16.2. The van der Waals surface area contributed by atoms with Crippen molar-refractivity contribution in [3.05, 3.63) is 0 Å². The molecule has 2 fully saturated rings. The summed E-state index contributed by atoms with van der Waals surface area (Å²) in [5.41, 5.74) is 0. The van der Waals surface area contributed by atoms with E-state index < -0.39 is 0 Å². The average Bonchev–Trinajstić information content (AvgIpc) is 2.88. The first-order valence-corrected chi connectivity index (χ1v) is 5.86. The van der Waals surface area contributed by atoms with E-state index >= 15 is 0 Å². The van der Waals surface area contributed by atoms with E-state index in [1.54, 1.807) is 0 Å². The summed E-state index contributed by atoms with van der Waals surface area (Å²) in [7, 11) is 0. The summed E-state index contributed by atoms with van der Waals surface area (Å²) >= 11 is 0. The van der Waals surface area contributed by atoms with Gasteiger partial charge in [0, 0.05) is 12.6 Å². The summed E-state index contributed by atoms with van der Waals surface area (Å²) < 4.78 is 0. The van der Waals surface area contributed by atoms with Crippen LogP contribution in [0.4, 0.5) is 0 Å². The molecule has 0 bridgehead atoms. The lowest BCUT2D eigenvalue weighted by Gasteiger charge is -2.25. The van der Waals surface area contributed by atoms with Gasteiger partial charge in [-0.05, 0) is 38.6 Å². The van der Waals surface area contributed by atoms with Crippen LogP contribution in [-0.2, 0) is 4.79 Å². The van der Waals surface area contributed by atoms with Gasteiger partial charge in [-0.3, -0.25) is 4.79 Å². The fourth-order valence-corrected chi connectivity index (χ4v) is 2.20. The highest BCUT2D eigenvalue weighted by Crippen LogP contribution is 2.28. The molecule has 0 radical (unpaired) electrons. The molecule has 2 rings (SSSR count). The molecule has 14 heavy (non-hydrogen) atoms. The number of hydrogen-bond acceptors (Lipinski definition) is 2. The zero-order valence-electron chi connectivity index (χ0n) is 8.96. The van der Waals surface area contributed by atoms with E-state index in [-0.39, 0.29) is 6.04 Å². The number of nitrogens with one attached hydrogen (secondary N) is 1. The van der Waals surface area contributed by atoms with Gasteiger partial charge in [-0.2, -0.15) is 0 Å². The Kier molecular flexibility index (Phi) is 3.06. The molecule has 0 aromatic rings. The van der Waals surface area contributed by atoms with Gasteiger partial charge in [-0.15, -0.1) is 0 Å². The Balaban J connectivity index is 1.91. The Hall–Kier alpha value is -0.570. The van der Waals surface area contributed by atoms with Crippen molar-refractivity contribution in [1.29, 1.82) is 0 Å². The van der Waals surface area contributed by atoms with E-state index in [1.165, 1.54) is 12.8 Å². The van der Waals surface area contributed by atoms with E-state index in [4.69, 9.17) is 0 Å². The molecule has 1 unspecified atom stereocenters. The Morgan fingerprint density at radius 2 is 2.21 bits per heavy atom. The zero-order chi connectivity index (χ0) is 9.97. The van der Waals surface area contributed by atoms with Crippen LogP contribution in [0.2, 0.25) is 0 Å². The van der Waals surface area contributed by atoms with Gasteiger partial charge >= 0.3 is 0 Å². The van der Waals surface area contributed by atoms with Gasteiger partial charge in [-0.25, -0.2) is 0 Å². The number of rotatable bonds is 4. The van der Waals surface area contributed by atoms with Crippen molar-refractivity contribution in [1.82, 2.24) is 10.2 Å². The fraction of sp³-hybridized carbons (Fsp3) is 0.909. The average molecular weight is 196 g/mol. The normalized spacial score (nSPS) is 26.5. The predicted molar refractivity (Wildman–Crippen MR) is 56.1 cm³/mol. The van der Waals surface area contributed by atoms with Crippen LogP contribution in [0, 0.1) is 0 Å². The van der Waals surface area contributed by atoms with Crippen LogP contribution in [0.25, 0.3) is 0 Å². The summed E-state index contributed by atoms with van der Waals surface area (Å²) in [5.74, 6) is 0.354. The maximum atomic E-state index is 12.1. The van der Waals surface area contributed by atoms with Crippen molar-refractivity contribution in [2.24, 2.45) is 0 Å². The first kappa shape index (κ1) is 9.97. The number of amides is 1. The van der Waals surface area contributed by atoms with E-state index in [1.807, 2.05) is 0 Å². The van der Waals surface area contributed by atoms with Crippen molar-refractivity contribution >= 4 is 5.91 Å². The van der Waals surface area contributed by atoms with Crippen molar-refractivity contribution in [2.75, 3.05) is 13.1 Å². The first-order chi connectivity index (χ1) is 6.83. The molecule has 1 saturated carbocycles. The van der Waals surface area contributed by atoms with Crippen LogP contribution < -0.4 is 5.32 Å². The van der Waals surface area contributed by atoms with Gasteiger partial charge in [-0.1, -0.05) is 6.92 Å². The second-order valence-electron chi connectivity index (χ2n) is 4.41. The molecule has 1 aliphatic carbocycles. The monoisotopic (exact) mass is 196 g/mol. The Morgan fingerprint density at radius 1 is 1.43 bits per heavy atom. The highest BCUT2D eigenvalue weighted by molar-refractivity contribution is 5.82. The second-order valence-corrected chi connectivity index (χ2v) is 4.41. The largest absolute Gasteiger partial charge is 0.338 e. The summed E-state index contributed by atoms with van der Waals surface area (Å²) in [6, 6.07) is 0.701. The molecule has 1 heterocycles. The van der Waals surface area contributed by atoms with Crippen molar-refractivity contribution < 1.29 is 4.79 Å². The fourth-order valence-electron chi connectivity index (χ4n) is 2.20. The van der Waals surface area contributed by atoms with Crippen molar-refractivity contribution in [2.45, 2.75) is 51.1 Å². The summed E-state index contributed by atoms with van der Waals surface area (Å²) in [6.45, 7) is 4.10. The van der Waals surface area contributed by atoms with Gasteiger partial charge in [0.25, 0.3) is 0 Å². The van der Waals surface area contributed by atoms with Gasteiger partial charge in [0.15, 0.2) is 0 Å². The second kappa shape index (κ2) is 4.30. The molecule has 1 atom stereocenters. The van der Waals surface area contributed by atoms with Crippen molar-refractivity contribution in [3.63, 3.8) is 0 Å². The molecule has 0 spiro atoms. The lowest BCUT2D eigenvalue weighted by atomic mass is 10.2. The third kappa shape index (κ3) is 2.08. The van der Waals surface area contributed by atoms with E-state index in [2.05, 4.69) is 17.1 Å². The molecule has 1 saturated heterocycles. The van der Waals surface area contributed by atoms with Gasteiger partial charge in [0.05, 0.1) is 6.04 Å². The smallest absolute Gasteiger partial charge is 0.239 e. The minimum atomic E-state index is 0.127. The zero-order valence-corrected chi connectivity index (χ0v) is 8.96. The van der Waals surface area contributed by atoms with E-state index in [0.717, 1.165) is 32.4 Å². The standard InChI is InChI=1S/C11H20N2O/c1-2-8-13(9-5-6-9)11(14)10-4-3-7-12-10/h9-10,12H,2-8H2,1H3. The van der Waals surface area contributed by atoms with Gasteiger partial charge < -0.3 is 10.2 Å². The molecule has 1 aliphatic heterocycles. The third-order valence-electron chi connectivity index (χ3n) is 3.09. The molecule has 2 aliphatic rings. The SMILES string of the molecule is CCCN(C(=O)C1CCCN1)C1CC1. The van der Waals surface area contributed by atoms with Crippen molar-refractivity contribution in [3.8, 4) is 0 Å². The molecule has 1 N–H and O–H groups in total. The summed E-state index contributed by atoms with van der Waals surface area (Å²) in [5, 5.41) is 3.29. The van der Waals surface area contributed by atoms with Crippen LogP contribution in [0.3, 0.4) is 0 Å². The van der Waals surface area contributed by atoms with E-state index in [9.17, 15) is 4.79 Å². The van der Waals surface area contributed by atoms with Crippen LogP contribution in [-0.4, -0.2) is 36.0 Å². The molecule has 0 aromatic heterocycles. The van der Waals surface area contributed by atoms with Crippen LogP contribution in [0.1, 0.15) is 39.0 Å². The third-order valence-corrected chi connectivity index (χ3v) is 3.09. The molecule has 3 heteroatoms. The number of carbonyl (C=O) groups excluding carboxylic acids is 1.